The van der Waals surface area contributed by atoms with Gasteiger partial charge in [0.1, 0.15) is 6.17 Å². The number of nitrogens with one attached hydrogen (secondary N) is 3. The number of alkyl halides is 2. The Bertz CT molecular complexity index is 674. The van der Waals surface area contributed by atoms with Crippen molar-refractivity contribution in [1.29, 1.82) is 0 Å². The minimum absolute atomic E-state index is 0.0111. The molecule has 3 aliphatic rings. The molecule has 3 rings (SSSR count). The average molecular weight is 453 g/mol. The minimum Gasteiger partial charge on any atom is -0.300 e. The third-order valence-corrected chi connectivity index (χ3v) is 8.51. The first-order chi connectivity index (χ1) is 13.6. The number of hydrazine groups is 1. The number of rotatable bonds is 6. The maximum absolute atomic E-state index is 14.7. The lowest BCUT2D eigenvalue weighted by molar-refractivity contribution is -0.129. The van der Waals surface area contributed by atoms with Crippen LogP contribution < -0.4 is 15.6 Å². The van der Waals surface area contributed by atoms with Crippen LogP contribution in [0.2, 0.25) is 0 Å². The van der Waals surface area contributed by atoms with E-state index >= 15 is 0 Å². The number of carbonyl (C=O) groups excluding carboxylic acids is 1. The molecule has 7 nitrogen and oxygen atoms in total. The van der Waals surface area contributed by atoms with Gasteiger partial charge < -0.3 is 0 Å². The topological polar surface area (TPSA) is 90.5 Å². The average Bonchev–Trinajstić information content (AvgIpc) is 3.10. The third kappa shape index (κ3) is 6.26. The quantitative estimate of drug-likeness (QED) is 0.420. The molecule has 168 valence electrons. The van der Waals surface area contributed by atoms with Crippen molar-refractivity contribution < 1.29 is 17.6 Å². The van der Waals surface area contributed by atoms with E-state index in [1.54, 1.807) is 0 Å². The maximum atomic E-state index is 14.7. The highest BCUT2D eigenvalue weighted by Gasteiger charge is 2.44. The number of likely N-dealkylation sites (N-methyl/N-ethyl adjacent to an activating group) is 1. The Labute approximate surface area is 178 Å². The van der Waals surface area contributed by atoms with Gasteiger partial charge in [0.2, 0.25) is 15.9 Å². The van der Waals surface area contributed by atoms with Crippen LogP contribution in [0.3, 0.4) is 0 Å². The fraction of sp³-hybridized carbons (Fsp3) is 0.947. The van der Waals surface area contributed by atoms with Crippen molar-refractivity contribution in [2.24, 2.45) is 23.7 Å². The Balaban J connectivity index is 1.52. The zero-order valence-corrected chi connectivity index (χ0v) is 18.8. The van der Waals surface area contributed by atoms with Crippen LogP contribution in [0.15, 0.2) is 0 Å². The molecule has 1 aliphatic heterocycles. The van der Waals surface area contributed by atoms with E-state index in [4.69, 9.17) is 11.6 Å². The molecule has 1 amide bonds. The Kier molecular flexibility index (Phi) is 7.81. The molecular formula is C19H34ClFN4O3S. The van der Waals surface area contributed by atoms with Crippen LogP contribution in [0.1, 0.15) is 45.4 Å². The van der Waals surface area contributed by atoms with Gasteiger partial charge in [-0.05, 0) is 50.5 Å². The van der Waals surface area contributed by atoms with Gasteiger partial charge in [-0.2, -0.15) is 0 Å². The van der Waals surface area contributed by atoms with Crippen molar-refractivity contribution in [3.8, 4) is 0 Å². The van der Waals surface area contributed by atoms with E-state index < -0.39 is 33.4 Å². The van der Waals surface area contributed by atoms with Crippen molar-refractivity contribution in [3.05, 3.63) is 0 Å². The summed E-state index contributed by atoms with van der Waals surface area (Å²) in [6.45, 7) is 3.76. The summed E-state index contributed by atoms with van der Waals surface area (Å²) in [5.74, 6) is -0.789. The Morgan fingerprint density at radius 1 is 1.24 bits per heavy atom. The molecule has 1 saturated heterocycles. The first kappa shape index (κ1) is 23.2. The third-order valence-electron chi connectivity index (χ3n) is 6.77. The predicted molar refractivity (Wildman–Crippen MR) is 111 cm³/mol. The Morgan fingerprint density at radius 3 is 2.55 bits per heavy atom. The molecule has 0 aromatic heterocycles. The van der Waals surface area contributed by atoms with Gasteiger partial charge in [0.15, 0.2) is 0 Å². The van der Waals surface area contributed by atoms with E-state index in [1.165, 1.54) is 0 Å². The molecule has 3 N–H and O–H groups in total. The van der Waals surface area contributed by atoms with E-state index in [-0.39, 0.29) is 23.6 Å². The van der Waals surface area contributed by atoms with Gasteiger partial charge in [-0.25, -0.2) is 12.8 Å². The molecule has 0 bridgehead atoms. The second-order valence-corrected chi connectivity index (χ2v) is 11.6. The number of hydrogen-bond acceptors (Lipinski definition) is 5. The molecular weight excluding hydrogens is 419 g/mol. The summed E-state index contributed by atoms with van der Waals surface area (Å²) in [5.41, 5.74) is 2.26. The Hall–Kier alpha value is -0.480. The fourth-order valence-corrected chi connectivity index (χ4v) is 6.62. The molecule has 0 spiro atoms. The second-order valence-electron chi connectivity index (χ2n) is 9.30. The van der Waals surface area contributed by atoms with Crippen molar-refractivity contribution in [1.82, 2.24) is 20.5 Å². The lowest BCUT2D eigenvalue weighted by Gasteiger charge is -2.37. The smallest absolute Gasteiger partial charge is 0.241 e. The van der Waals surface area contributed by atoms with Gasteiger partial charge in [-0.1, -0.05) is 19.8 Å². The summed E-state index contributed by atoms with van der Waals surface area (Å²) >= 11 is 6.21. The molecule has 10 heteroatoms. The van der Waals surface area contributed by atoms with Gasteiger partial charge in [0, 0.05) is 19.3 Å². The Morgan fingerprint density at radius 2 is 1.93 bits per heavy atom. The first-order valence-electron chi connectivity index (χ1n) is 10.6. The fourth-order valence-electron chi connectivity index (χ4n) is 4.93. The molecule has 1 heterocycles. The van der Waals surface area contributed by atoms with Crippen LogP contribution >= 0.6 is 11.6 Å². The summed E-state index contributed by atoms with van der Waals surface area (Å²) in [5, 5.41) is 2.63. The first-order valence-corrected chi connectivity index (χ1v) is 12.7. The molecule has 0 aromatic rings. The van der Waals surface area contributed by atoms with Gasteiger partial charge in [0.05, 0.1) is 17.0 Å². The monoisotopic (exact) mass is 452 g/mol. The summed E-state index contributed by atoms with van der Waals surface area (Å²) in [6, 6.07) is 0.162. The number of halogens is 2. The summed E-state index contributed by atoms with van der Waals surface area (Å²) in [4.78, 5) is 16.9. The maximum Gasteiger partial charge on any atom is 0.241 e. The lowest BCUT2D eigenvalue weighted by atomic mass is 9.76. The highest BCUT2D eigenvalue weighted by atomic mass is 35.5. The van der Waals surface area contributed by atoms with Crippen LogP contribution in [0.5, 0.6) is 0 Å². The van der Waals surface area contributed by atoms with Crippen molar-refractivity contribution in [2.45, 2.75) is 63.0 Å². The van der Waals surface area contributed by atoms with Gasteiger partial charge in [-0.3, -0.25) is 20.4 Å². The van der Waals surface area contributed by atoms with Crippen molar-refractivity contribution in [3.63, 3.8) is 0 Å². The van der Waals surface area contributed by atoms with Crippen LogP contribution in [0, 0.1) is 23.7 Å². The molecule has 3 fully saturated rings. The molecule has 2 saturated carbocycles. The van der Waals surface area contributed by atoms with Crippen LogP contribution in [0.25, 0.3) is 0 Å². The zero-order valence-electron chi connectivity index (χ0n) is 17.2. The van der Waals surface area contributed by atoms with Crippen LogP contribution in [-0.4, -0.2) is 62.8 Å². The molecule has 5 unspecified atom stereocenters. The summed E-state index contributed by atoms with van der Waals surface area (Å²) in [7, 11) is -1.66. The summed E-state index contributed by atoms with van der Waals surface area (Å²) in [6.07, 6.45) is 3.18. The zero-order chi connectivity index (χ0) is 21.2. The normalized spacial score (nSPS) is 39.4. The van der Waals surface area contributed by atoms with E-state index in [0.29, 0.717) is 18.8 Å². The standard InChI is InChI=1S/C19H34ClFN4O3S/c1-12-3-5-13(6-4-12)10-29(27,28)24-23-19(26)15-7-14(8-16(20)18(15)21)17-9-25(2)11-22-17/h12-18,22,24H,3-11H2,1-2H3,(H,23,26). The van der Waals surface area contributed by atoms with Crippen molar-refractivity contribution >= 4 is 27.5 Å². The van der Waals surface area contributed by atoms with Gasteiger partial charge in [-0.15, -0.1) is 16.4 Å². The number of amides is 1. The van der Waals surface area contributed by atoms with Gasteiger partial charge in [0.25, 0.3) is 0 Å². The minimum atomic E-state index is -3.66. The largest absolute Gasteiger partial charge is 0.300 e. The number of nitrogens with zero attached hydrogens (tertiary/aromatic N) is 1. The molecule has 0 aromatic carbocycles. The number of carbonyl (C=O) groups is 1. The number of hydrogen-bond donors (Lipinski definition) is 3. The number of sulfonamides is 1. The van der Waals surface area contributed by atoms with Crippen molar-refractivity contribution in [2.75, 3.05) is 26.0 Å². The van der Waals surface area contributed by atoms with E-state index in [0.717, 1.165) is 38.9 Å². The highest BCUT2D eigenvalue weighted by molar-refractivity contribution is 7.89. The molecule has 29 heavy (non-hydrogen) atoms. The van der Waals surface area contributed by atoms with E-state index in [1.807, 2.05) is 7.05 Å². The van der Waals surface area contributed by atoms with Gasteiger partial charge >= 0.3 is 0 Å². The molecule has 0 radical (unpaired) electrons. The lowest BCUT2D eigenvalue weighted by Crippen LogP contribution is -2.52. The van der Waals surface area contributed by atoms with Crippen LogP contribution in [0.4, 0.5) is 4.39 Å². The highest BCUT2D eigenvalue weighted by Crippen LogP contribution is 2.37. The second kappa shape index (κ2) is 9.77. The van der Waals surface area contributed by atoms with E-state index in [2.05, 4.69) is 27.4 Å². The predicted octanol–water partition coefficient (Wildman–Crippen LogP) is 1.60. The van der Waals surface area contributed by atoms with Crippen LogP contribution in [-0.2, 0) is 14.8 Å². The SMILES string of the molecule is CC1CCC(CS(=O)(=O)NNC(=O)C2CC(C3CN(C)CN3)CC(Cl)C2F)CC1. The van der Waals surface area contributed by atoms with E-state index in [9.17, 15) is 17.6 Å². The molecule has 2 aliphatic carbocycles. The summed E-state index contributed by atoms with van der Waals surface area (Å²) < 4.78 is 39.4. The molecule has 5 atom stereocenters.